The number of anilines is 1. The lowest BCUT2D eigenvalue weighted by Gasteiger charge is -2.19. The van der Waals surface area contributed by atoms with Crippen molar-refractivity contribution >= 4 is 21.6 Å². The molecule has 0 aliphatic heterocycles. The number of hydrogen-bond donors (Lipinski definition) is 2. The molecule has 2 heterocycles. The molecule has 0 aromatic carbocycles. The van der Waals surface area contributed by atoms with E-state index in [4.69, 9.17) is 5.73 Å². The van der Waals surface area contributed by atoms with E-state index in [1.807, 2.05) is 12.1 Å². The first-order chi connectivity index (χ1) is 8.72. The van der Waals surface area contributed by atoms with Gasteiger partial charge in [0.2, 0.25) is 0 Å². The minimum absolute atomic E-state index is 0.0307. The van der Waals surface area contributed by atoms with Crippen LogP contribution >= 0.6 is 15.9 Å². The Bertz CT molecular complexity index is 513. The molecule has 0 saturated carbocycles. The third kappa shape index (κ3) is 2.86. The minimum Gasteiger partial charge on any atom is -0.398 e. The van der Waals surface area contributed by atoms with Gasteiger partial charge in [-0.25, -0.2) is 0 Å². The van der Waals surface area contributed by atoms with Crippen LogP contribution in [0.1, 0.15) is 24.2 Å². The van der Waals surface area contributed by atoms with Crippen LogP contribution in [0.5, 0.6) is 0 Å². The highest BCUT2D eigenvalue weighted by molar-refractivity contribution is 9.10. The number of nitrogen functional groups attached to an aromatic ring is 1. The maximum Gasteiger partial charge on any atom is 0.0786 e. The first kappa shape index (κ1) is 13.0. The average molecular weight is 307 g/mol. The number of pyridine rings is 2. The van der Waals surface area contributed by atoms with Crippen molar-refractivity contribution in [2.45, 2.75) is 13.0 Å². The maximum absolute atomic E-state index is 6.00. The van der Waals surface area contributed by atoms with E-state index >= 15 is 0 Å². The third-order valence-electron chi connectivity index (χ3n) is 2.65. The summed E-state index contributed by atoms with van der Waals surface area (Å²) in [5.74, 6) is 0. The van der Waals surface area contributed by atoms with E-state index in [1.165, 1.54) is 0 Å². The number of nitrogens with one attached hydrogen (secondary N) is 1. The minimum atomic E-state index is -0.0307. The zero-order valence-corrected chi connectivity index (χ0v) is 11.7. The molecule has 18 heavy (non-hydrogen) atoms. The number of aromatic nitrogens is 2. The van der Waals surface area contributed by atoms with Gasteiger partial charge in [-0.1, -0.05) is 6.92 Å². The molecule has 94 valence electrons. The molecular weight excluding hydrogens is 292 g/mol. The van der Waals surface area contributed by atoms with Crippen molar-refractivity contribution in [3.05, 3.63) is 52.5 Å². The Balaban J connectivity index is 2.40. The summed E-state index contributed by atoms with van der Waals surface area (Å²) in [6.07, 6.45) is 5.26. The summed E-state index contributed by atoms with van der Waals surface area (Å²) in [6, 6.07) is 5.72. The lowest BCUT2D eigenvalue weighted by atomic mass is 10.0. The number of hydrogen-bond acceptors (Lipinski definition) is 4. The molecule has 0 amide bonds. The standard InChI is InChI=1S/C13H15BrN4/c1-2-17-13(10-8-16-6-5-11(10)15)12-4-3-9(14)7-18-12/h3-8,13,17H,2H2,1H3,(H2,15,16). The Hall–Kier alpha value is -1.46. The van der Waals surface area contributed by atoms with Gasteiger partial charge in [0.25, 0.3) is 0 Å². The Morgan fingerprint density at radius 1 is 1.33 bits per heavy atom. The number of nitrogens with zero attached hydrogens (tertiary/aromatic N) is 2. The van der Waals surface area contributed by atoms with Crippen LogP contribution in [-0.4, -0.2) is 16.5 Å². The van der Waals surface area contributed by atoms with Crippen LogP contribution in [0.3, 0.4) is 0 Å². The molecule has 0 fully saturated rings. The second-order valence-corrected chi connectivity index (χ2v) is 4.81. The highest BCUT2D eigenvalue weighted by Crippen LogP contribution is 2.25. The van der Waals surface area contributed by atoms with Crippen molar-refractivity contribution in [1.82, 2.24) is 15.3 Å². The molecule has 0 radical (unpaired) electrons. The van der Waals surface area contributed by atoms with Gasteiger partial charge in [-0.2, -0.15) is 0 Å². The molecule has 0 saturated heterocycles. The van der Waals surface area contributed by atoms with Gasteiger partial charge in [-0.05, 0) is 40.7 Å². The molecule has 0 spiro atoms. The highest BCUT2D eigenvalue weighted by atomic mass is 79.9. The maximum atomic E-state index is 6.00. The zero-order chi connectivity index (χ0) is 13.0. The summed E-state index contributed by atoms with van der Waals surface area (Å²) in [5, 5.41) is 3.38. The molecule has 0 bridgehead atoms. The Labute approximate surface area is 115 Å². The summed E-state index contributed by atoms with van der Waals surface area (Å²) in [5.41, 5.74) is 8.61. The molecule has 3 N–H and O–H groups in total. The quantitative estimate of drug-likeness (QED) is 0.911. The molecular formula is C13H15BrN4. The third-order valence-corrected chi connectivity index (χ3v) is 3.12. The first-order valence-electron chi connectivity index (χ1n) is 5.76. The molecule has 1 unspecified atom stereocenters. The van der Waals surface area contributed by atoms with Crippen molar-refractivity contribution in [1.29, 1.82) is 0 Å². The van der Waals surface area contributed by atoms with Crippen LogP contribution in [0.4, 0.5) is 5.69 Å². The number of rotatable bonds is 4. The van der Waals surface area contributed by atoms with Gasteiger partial charge in [-0.3, -0.25) is 9.97 Å². The zero-order valence-electron chi connectivity index (χ0n) is 10.1. The van der Waals surface area contributed by atoms with Crippen LogP contribution in [0.25, 0.3) is 0 Å². The molecule has 0 aliphatic rings. The van der Waals surface area contributed by atoms with E-state index < -0.39 is 0 Å². The van der Waals surface area contributed by atoms with Crippen LogP contribution in [0.15, 0.2) is 41.3 Å². The summed E-state index contributed by atoms with van der Waals surface area (Å²) in [4.78, 5) is 8.56. The molecule has 2 aromatic heterocycles. The number of halogens is 1. The van der Waals surface area contributed by atoms with E-state index in [9.17, 15) is 0 Å². The van der Waals surface area contributed by atoms with Crippen LogP contribution < -0.4 is 11.1 Å². The van der Waals surface area contributed by atoms with Gasteiger partial charge >= 0.3 is 0 Å². The van der Waals surface area contributed by atoms with Crippen molar-refractivity contribution in [3.63, 3.8) is 0 Å². The van der Waals surface area contributed by atoms with Gasteiger partial charge < -0.3 is 11.1 Å². The van der Waals surface area contributed by atoms with E-state index in [0.29, 0.717) is 0 Å². The van der Waals surface area contributed by atoms with Crippen LogP contribution in [0, 0.1) is 0 Å². The van der Waals surface area contributed by atoms with Gasteiger partial charge in [0, 0.05) is 34.3 Å². The fraction of sp³-hybridized carbons (Fsp3) is 0.231. The monoisotopic (exact) mass is 306 g/mol. The lowest BCUT2D eigenvalue weighted by molar-refractivity contribution is 0.615. The largest absolute Gasteiger partial charge is 0.398 e. The van der Waals surface area contributed by atoms with Crippen molar-refractivity contribution in [2.75, 3.05) is 12.3 Å². The van der Waals surface area contributed by atoms with Gasteiger partial charge in [-0.15, -0.1) is 0 Å². The molecule has 1 atom stereocenters. The summed E-state index contributed by atoms with van der Waals surface area (Å²) in [7, 11) is 0. The van der Waals surface area contributed by atoms with Crippen LogP contribution in [0.2, 0.25) is 0 Å². The Morgan fingerprint density at radius 3 is 2.78 bits per heavy atom. The van der Waals surface area contributed by atoms with Crippen molar-refractivity contribution in [3.8, 4) is 0 Å². The highest BCUT2D eigenvalue weighted by Gasteiger charge is 2.16. The second-order valence-electron chi connectivity index (χ2n) is 3.90. The molecule has 4 nitrogen and oxygen atoms in total. The first-order valence-corrected chi connectivity index (χ1v) is 6.56. The van der Waals surface area contributed by atoms with Crippen LogP contribution in [-0.2, 0) is 0 Å². The fourth-order valence-electron chi connectivity index (χ4n) is 1.79. The van der Waals surface area contributed by atoms with Gasteiger partial charge in [0.15, 0.2) is 0 Å². The predicted octanol–water partition coefficient (Wildman–Crippen LogP) is 2.52. The predicted molar refractivity (Wildman–Crippen MR) is 76.1 cm³/mol. The lowest BCUT2D eigenvalue weighted by Crippen LogP contribution is -2.24. The summed E-state index contributed by atoms with van der Waals surface area (Å²) >= 11 is 3.38. The molecule has 2 rings (SSSR count). The average Bonchev–Trinajstić information content (AvgIpc) is 2.38. The van der Waals surface area contributed by atoms with E-state index in [-0.39, 0.29) is 6.04 Å². The SMILES string of the molecule is CCNC(c1ccc(Br)cn1)c1cnccc1N. The number of nitrogens with two attached hydrogens (primary N) is 1. The smallest absolute Gasteiger partial charge is 0.0786 e. The summed E-state index contributed by atoms with van der Waals surface area (Å²) in [6.45, 7) is 2.88. The summed E-state index contributed by atoms with van der Waals surface area (Å²) < 4.78 is 0.959. The van der Waals surface area contributed by atoms with Crippen molar-refractivity contribution < 1.29 is 0 Å². The fourth-order valence-corrected chi connectivity index (χ4v) is 2.03. The molecule has 0 aliphatic carbocycles. The molecule has 5 heteroatoms. The Kier molecular flexibility index (Phi) is 4.28. The Morgan fingerprint density at radius 2 is 2.17 bits per heavy atom. The van der Waals surface area contributed by atoms with Gasteiger partial charge in [0.05, 0.1) is 11.7 Å². The van der Waals surface area contributed by atoms with E-state index in [1.54, 1.807) is 24.7 Å². The van der Waals surface area contributed by atoms with Crippen molar-refractivity contribution in [2.24, 2.45) is 0 Å². The molecule has 2 aromatic rings. The topological polar surface area (TPSA) is 63.8 Å². The van der Waals surface area contributed by atoms with E-state index in [2.05, 4.69) is 38.1 Å². The second kappa shape index (κ2) is 5.93. The van der Waals surface area contributed by atoms with Gasteiger partial charge in [0.1, 0.15) is 0 Å². The van der Waals surface area contributed by atoms with E-state index in [0.717, 1.165) is 28.0 Å². The normalized spacial score (nSPS) is 12.3.